The van der Waals surface area contributed by atoms with Gasteiger partial charge in [-0.25, -0.2) is 0 Å². The first-order chi connectivity index (χ1) is 6.93. The van der Waals surface area contributed by atoms with E-state index in [4.69, 9.17) is 0 Å². The summed E-state index contributed by atoms with van der Waals surface area (Å²) in [5.74, 6) is -0.164. The second-order valence-corrected chi connectivity index (χ2v) is 4.23. The molecule has 0 unspecified atom stereocenters. The van der Waals surface area contributed by atoms with Crippen LogP contribution in [0.1, 0.15) is 47.0 Å². The number of ketones is 1. The Balaban J connectivity index is 3.89. The summed E-state index contributed by atoms with van der Waals surface area (Å²) in [6.45, 7) is 7.61. The second-order valence-electron chi connectivity index (χ2n) is 4.23. The quantitative estimate of drug-likeness (QED) is 0.684. The molecule has 86 valence electrons. The number of hydrogen-bond acceptors (Lipinski definition) is 2. The zero-order valence-corrected chi connectivity index (χ0v) is 10.2. The van der Waals surface area contributed by atoms with Crippen LogP contribution in [-0.2, 0) is 4.79 Å². The van der Waals surface area contributed by atoms with Crippen molar-refractivity contribution in [3.8, 4) is 0 Å². The summed E-state index contributed by atoms with van der Waals surface area (Å²) < 4.78 is 0. The summed E-state index contributed by atoms with van der Waals surface area (Å²) in [6, 6.07) is 0. The highest BCUT2D eigenvalue weighted by Gasteiger charge is 2.06. The Bertz CT molecular complexity index is 258. The highest BCUT2D eigenvalue weighted by molar-refractivity contribution is 5.80. The molecule has 1 atom stereocenters. The largest absolute Gasteiger partial charge is 0.385 e. The maximum Gasteiger partial charge on any atom is 0.158 e. The lowest BCUT2D eigenvalue weighted by Gasteiger charge is -2.04. The van der Waals surface area contributed by atoms with Crippen LogP contribution in [0.5, 0.6) is 0 Å². The van der Waals surface area contributed by atoms with Crippen LogP contribution >= 0.6 is 0 Å². The first-order valence-electron chi connectivity index (χ1n) is 5.41. The third-order valence-electron chi connectivity index (χ3n) is 2.25. The molecule has 0 radical (unpaired) electrons. The minimum Gasteiger partial charge on any atom is -0.385 e. The standard InChI is InChI=1S/C13H22O2/c1-10(2)6-5-7-11(3)8-9-13(15)12(4)14/h6,8,13,15H,5,7,9H2,1-4H3/b11-8+/t13-/m0/s1. The van der Waals surface area contributed by atoms with Crippen molar-refractivity contribution in [3.05, 3.63) is 23.3 Å². The van der Waals surface area contributed by atoms with E-state index in [0.29, 0.717) is 6.42 Å². The number of carbonyl (C=O) groups excluding carboxylic acids is 1. The van der Waals surface area contributed by atoms with Crippen LogP contribution in [0.15, 0.2) is 23.3 Å². The predicted molar refractivity (Wildman–Crippen MR) is 63.7 cm³/mol. The molecule has 2 heteroatoms. The maximum atomic E-state index is 10.8. The molecule has 2 nitrogen and oxygen atoms in total. The summed E-state index contributed by atoms with van der Waals surface area (Å²) >= 11 is 0. The van der Waals surface area contributed by atoms with Gasteiger partial charge in [0.1, 0.15) is 6.10 Å². The van der Waals surface area contributed by atoms with Crippen molar-refractivity contribution in [3.63, 3.8) is 0 Å². The molecule has 0 aliphatic heterocycles. The van der Waals surface area contributed by atoms with Crippen molar-refractivity contribution in [2.75, 3.05) is 0 Å². The van der Waals surface area contributed by atoms with Gasteiger partial charge in [0.05, 0.1) is 0 Å². The third kappa shape index (κ3) is 8.13. The molecule has 0 spiro atoms. The van der Waals surface area contributed by atoms with Crippen LogP contribution in [0.3, 0.4) is 0 Å². The molecule has 0 fully saturated rings. The Labute approximate surface area is 92.7 Å². The summed E-state index contributed by atoms with van der Waals surface area (Å²) in [5.41, 5.74) is 2.55. The van der Waals surface area contributed by atoms with Crippen molar-refractivity contribution in [2.45, 2.75) is 53.1 Å². The summed E-state index contributed by atoms with van der Waals surface area (Å²) in [6.07, 6.45) is 5.78. The summed E-state index contributed by atoms with van der Waals surface area (Å²) in [4.78, 5) is 10.8. The fourth-order valence-corrected chi connectivity index (χ4v) is 1.17. The molecule has 0 aliphatic rings. The van der Waals surface area contributed by atoms with Gasteiger partial charge in [0, 0.05) is 0 Å². The van der Waals surface area contributed by atoms with Gasteiger partial charge in [-0.2, -0.15) is 0 Å². The van der Waals surface area contributed by atoms with Gasteiger partial charge in [-0.3, -0.25) is 4.79 Å². The monoisotopic (exact) mass is 210 g/mol. The molecule has 0 saturated carbocycles. The minimum atomic E-state index is -0.830. The normalized spacial score (nSPS) is 13.5. The van der Waals surface area contributed by atoms with Crippen molar-refractivity contribution in [1.82, 2.24) is 0 Å². The van der Waals surface area contributed by atoms with Crippen LogP contribution < -0.4 is 0 Å². The van der Waals surface area contributed by atoms with Crippen LogP contribution in [0.2, 0.25) is 0 Å². The van der Waals surface area contributed by atoms with Crippen molar-refractivity contribution in [2.24, 2.45) is 0 Å². The summed E-state index contributed by atoms with van der Waals surface area (Å²) in [7, 11) is 0. The molecule has 0 aromatic rings. The predicted octanol–water partition coefficient (Wildman–Crippen LogP) is 3.02. The Morgan fingerprint density at radius 1 is 1.20 bits per heavy atom. The lowest BCUT2D eigenvalue weighted by Crippen LogP contribution is -2.15. The summed E-state index contributed by atoms with van der Waals surface area (Å²) in [5, 5.41) is 9.28. The number of Topliss-reactive ketones (excluding diaryl/α,β-unsaturated/α-hetero) is 1. The molecule has 0 saturated heterocycles. The minimum absolute atomic E-state index is 0.164. The van der Waals surface area contributed by atoms with Gasteiger partial charge in [0.15, 0.2) is 5.78 Å². The average Bonchev–Trinajstić information content (AvgIpc) is 2.13. The molecule has 0 aromatic carbocycles. The topological polar surface area (TPSA) is 37.3 Å². The van der Waals surface area contributed by atoms with Gasteiger partial charge in [0.2, 0.25) is 0 Å². The van der Waals surface area contributed by atoms with Crippen molar-refractivity contribution >= 4 is 5.78 Å². The first-order valence-corrected chi connectivity index (χ1v) is 5.41. The Hall–Kier alpha value is -0.890. The highest BCUT2D eigenvalue weighted by atomic mass is 16.3. The molecular formula is C13H22O2. The second kappa shape index (κ2) is 7.41. The fraction of sp³-hybridized carbons (Fsp3) is 0.615. The highest BCUT2D eigenvalue weighted by Crippen LogP contribution is 2.08. The maximum absolute atomic E-state index is 10.8. The zero-order valence-electron chi connectivity index (χ0n) is 10.2. The Morgan fingerprint density at radius 2 is 1.80 bits per heavy atom. The van der Waals surface area contributed by atoms with Crippen LogP contribution in [0.25, 0.3) is 0 Å². The van der Waals surface area contributed by atoms with E-state index < -0.39 is 6.10 Å². The third-order valence-corrected chi connectivity index (χ3v) is 2.25. The first kappa shape index (κ1) is 14.1. The molecule has 0 amide bonds. The van der Waals surface area contributed by atoms with Crippen LogP contribution in [-0.4, -0.2) is 17.0 Å². The molecule has 15 heavy (non-hydrogen) atoms. The number of allylic oxidation sites excluding steroid dienone is 3. The zero-order chi connectivity index (χ0) is 11.8. The van der Waals surface area contributed by atoms with E-state index in [9.17, 15) is 9.90 Å². The van der Waals surface area contributed by atoms with E-state index in [1.54, 1.807) is 0 Å². The number of carbonyl (C=O) groups is 1. The lowest BCUT2D eigenvalue weighted by atomic mass is 10.1. The van der Waals surface area contributed by atoms with Gasteiger partial charge in [-0.1, -0.05) is 23.3 Å². The molecule has 0 aliphatic carbocycles. The van der Waals surface area contributed by atoms with E-state index in [1.807, 2.05) is 13.0 Å². The van der Waals surface area contributed by atoms with Gasteiger partial charge in [-0.15, -0.1) is 0 Å². The van der Waals surface area contributed by atoms with Gasteiger partial charge in [-0.05, 0) is 47.0 Å². The fourth-order valence-electron chi connectivity index (χ4n) is 1.17. The van der Waals surface area contributed by atoms with Gasteiger partial charge in [0.25, 0.3) is 0 Å². The van der Waals surface area contributed by atoms with Crippen LogP contribution in [0, 0.1) is 0 Å². The lowest BCUT2D eigenvalue weighted by molar-refractivity contribution is -0.124. The Morgan fingerprint density at radius 3 is 2.27 bits per heavy atom. The molecule has 1 N–H and O–H groups in total. The van der Waals surface area contributed by atoms with E-state index >= 15 is 0 Å². The molecular weight excluding hydrogens is 188 g/mol. The molecule has 0 aromatic heterocycles. The number of aliphatic hydroxyl groups excluding tert-OH is 1. The number of rotatable bonds is 6. The SMILES string of the molecule is CC(=O)[C@@H](O)C/C=C(\C)CCC=C(C)C. The molecule has 0 bridgehead atoms. The number of hydrogen-bond donors (Lipinski definition) is 1. The van der Waals surface area contributed by atoms with E-state index in [2.05, 4.69) is 19.9 Å². The van der Waals surface area contributed by atoms with E-state index in [0.717, 1.165) is 12.8 Å². The van der Waals surface area contributed by atoms with Crippen LogP contribution in [0.4, 0.5) is 0 Å². The Kier molecular flexibility index (Phi) is 6.97. The van der Waals surface area contributed by atoms with Gasteiger partial charge < -0.3 is 5.11 Å². The smallest absolute Gasteiger partial charge is 0.158 e. The van der Waals surface area contributed by atoms with Crippen molar-refractivity contribution < 1.29 is 9.90 Å². The van der Waals surface area contributed by atoms with E-state index in [-0.39, 0.29) is 5.78 Å². The van der Waals surface area contributed by atoms with Crippen molar-refractivity contribution in [1.29, 1.82) is 0 Å². The van der Waals surface area contributed by atoms with E-state index in [1.165, 1.54) is 18.1 Å². The average molecular weight is 210 g/mol. The molecule has 0 heterocycles. The number of aliphatic hydroxyl groups is 1. The van der Waals surface area contributed by atoms with Gasteiger partial charge >= 0.3 is 0 Å². The molecule has 0 rings (SSSR count).